The third-order valence-electron chi connectivity index (χ3n) is 3.35. The molecule has 1 amide bonds. The summed E-state index contributed by atoms with van der Waals surface area (Å²) in [4.78, 5) is 15.9. The number of halogens is 1. The molecule has 1 aromatic rings. The van der Waals surface area contributed by atoms with E-state index in [-0.39, 0.29) is 11.7 Å². The van der Waals surface area contributed by atoms with E-state index in [1.807, 2.05) is 4.90 Å². The van der Waals surface area contributed by atoms with Crippen molar-refractivity contribution < 1.29 is 13.9 Å². The summed E-state index contributed by atoms with van der Waals surface area (Å²) in [6.07, 6.45) is 0. The van der Waals surface area contributed by atoms with E-state index >= 15 is 0 Å². The molecule has 1 fully saturated rings. The van der Waals surface area contributed by atoms with Crippen molar-refractivity contribution in [2.24, 2.45) is 0 Å². The van der Waals surface area contributed by atoms with Crippen molar-refractivity contribution in [2.75, 3.05) is 39.8 Å². The van der Waals surface area contributed by atoms with E-state index in [1.54, 1.807) is 11.0 Å². The number of piperazine rings is 1. The summed E-state index contributed by atoms with van der Waals surface area (Å²) in [5, 5.41) is 8.63. The van der Waals surface area contributed by atoms with E-state index in [0.717, 1.165) is 0 Å². The highest BCUT2D eigenvalue weighted by Gasteiger charge is 2.22. The molecule has 20 heavy (non-hydrogen) atoms. The van der Waals surface area contributed by atoms with Crippen LogP contribution in [0.5, 0.6) is 5.75 Å². The molecule has 0 bridgehead atoms. The van der Waals surface area contributed by atoms with E-state index in [2.05, 4.69) is 6.07 Å². The van der Waals surface area contributed by atoms with Crippen LogP contribution in [0.25, 0.3) is 0 Å². The average molecular weight is 277 g/mol. The van der Waals surface area contributed by atoms with Crippen molar-refractivity contribution in [2.45, 2.75) is 0 Å². The number of benzene rings is 1. The van der Waals surface area contributed by atoms with Crippen LogP contribution in [0.1, 0.15) is 10.4 Å². The van der Waals surface area contributed by atoms with E-state index < -0.39 is 5.82 Å². The number of carbonyl (C=O) groups is 1. The lowest BCUT2D eigenvalue weighted by molar-refractivity contribution is 0.0651. The van der Waals surface area contributed by atoms with E-state index in [0.29, 0.717) is 38.3 Å². The quantitative estimate of drug-likeness (QED) is 0.777. The van der Waals surface area contributed by atoms with Gasteiger partial charge in [0.2, 0.25) is 0 Å². The zero-order chi connectivity index (χ0) is 14.5. The van der Waals surface area contributed by atoms with Crippen molar-refractivity contribution in [1.82, 2.24) is 9.80 Å². The van der Waals surface area contributed by atoms with Crippen LogP contribution in [-0.4, -0.2) is 55.5 Å². The maximum Gasteiger partial charge on any atom is 0.254 e. The Bertz CT molecular complexity index is 534. The molecule has 6 heteroatoms. The lowest BCUT2D eigenvalue weighted by Crippen LogP contribution is -2.48. The van der Waals surface area contributed by atoms with Gasteiger partial charge < -0.3 is 9.64 Å². The Balaban J connectivity index is 2.02. The van der Waals surface area contributed by atoms with Crippen molar-refractivity contribution in [3.63, 3.8) is 0 Å². The second-order valence-electron chi connectivity index (χ2n) is 4.58. The number of carbonyl (C=O) groups excluding carboxylic acids is 1. The van der Waals surface area contributed by atoms with Gasteiger partial charge in [-0.05, 0) is 18.2 Å². The van der Waals surface area contributed by atoms with Crippen LogP contribution >= 0.6 is 0 Å². The van der Waals surface area contributed by atoms with Gasteiger partial charge in [-0.1, -0.05) is 0 Å². The molecule has 5 nitrogen and oxygen atoms in total. The monoisotopic (exact) mass is 277 g/mol. The number of amides is 1. The van der Waals surface area contributed by atoms with Crippen LogP contribution in [0.2, 0.25) is 0 Å². The predicted molar refractivity (Wildman–Crippen MR) is 70.9 cm³/mol. The van der Waals surface area contributed by atoms with Gasteiger partial charge in [-0.3, -0.25) is 9.69 Å². The van der Waals surface area contributed by atoms with Gasteiger partial charge in [-0.25, -0.2) is 4.39 Å². The smallest absolute Gasteiger partial charge is 0.254 e. The summed E-state index contributed by atoms with van der Waals surface area (Å²) in [5.74, 6) is -0.606. The molecule has 1 aliphatic heterocycles. The largest absolute Gasteiger partial charge is 0.494 e. The Kier molecular flexibility index (Phi) is 4.53. The molecule has 0 aliphatic carbocycles. The van der Waals surface area contributed by atoms with Gasteiger partial charge in [0.25, 0.3) is 5.91 Å². The SMILES string of the molecule is COc1ccc(C(=O)N2CCN(CC#N)CC2)cc1F. The highest BCUT2D eigenvalue weighted by Crippen LogP contribution is 2.19. The minimum Gasteiger partial charge on any atom is -0.494 e. The maximum absolute atomic E-state index is 13.6. The fraction of sp³-hybridized carbons (Fsp3) is 0.429. The Morgan fingerprint density at radius 3 is 2.65 bits per heavy atom. The lowest BCUT2D eigenvalue weighted by atomic mass is 10.1. The molecule has 0 aromatic heterocycles. The number of hydrogen-bond donors (Lipinski definition) is 0. The minimum atomic E-state index is -0.540. The van der Waals surface area contributed by atoms with Crippen LogP contribution in [0.4, 0.5) is 4.39 Å². The molecular formula is C14H16FN3O2. The van der Waals surface area contributed by atoms with Gasteiger partial charge in [0.1, 0.15) is 0 Å². The lowest BCUT2D eigenvalue weighted by Gasteiger charge is -2.33. The topological polar surface area (TPSA) is 56.6 Å². The summed E-state index contributed by atoms with van der Waals surface area (Å²) in [6, 6.07) is 6.30. The molecule has 2 rings (SSSR count). The molecular weight excluding hydrogens is 261 g/mol. The number of rotatable bonds is 3. The Morgan fingerprint density at radius 1 is 1.40 bits per heavy atom. The molecule has 0 saturated carbocycles. The molecule has 106 valence electrons. The van der Waals surface area contributed by atoms with Crippen LogP contribution in [0, 0.1) is 17.1 Å². The number of nitrogens with zero attached hydrogens (tertiary/aromatic N) is 3. The molecule has 1 heterocycles. The molecule has 0 atom stereocenters. The van der Waals surface area contributed by atoms with E-state index in [1.165, 1.54) is 19.2 Å². The van der Waals surface area contributed by atoms with Crippen LogP contribution in [0.3, 0.4) is 0 Å². The standard InChI is InChI=1S/C14H16FN3O2/c1-20-13-3-2-11(10-12(13)15)14(19)18-8-6-17(5-4-16)7-9-18/h2-3,10H,5-9H2,1H3. The molecule has 0 radical (unpaired) electrons. The zero-order valence-electron chi connectivity index (χ0n) is 11.3. The molecule has 1 aromatic carbocycles. The van der Waals surface area contributed by atoms with Crippen molar-refractivity contribution >= 4 is 5.91 Å². The summed E-state index contributed by atoms with van der Waals surface area (Å²) >= 11 is 0. The van der Waals surface area contributed by atoms with Gasteiger partial charge in [0.05, 0.1) is 19.7 Å². The van der Waals surface area contributed by atoms with Crippen molar-refractivity contribution in [1.29, 1.82) is 5.26 Å². The number of ether oxygens (including phenoxy) is 1. The van der Waals surface area contributed by atoms with Crippen LogP contribution < -0.4 is 4.74 Å². The summed E-state index contributed by atoms with van der Waals surface area (Å²) < 4.78 is 18.4. The maximum atomic E-state index is 13.6. The zero-order valence-corrected chi connectivity index (χ0v) is 11.3. The first-order chi connectivity index (χ1) is 9.65. The summed E-state index contributed by atoms with van der Waals surface area (Å²) in [7, 11) is 1.38. The third-order valence-corrected chi connectivity index (χ3v) is 3.35. The highest BCUT2D eigenvalue weighted by molar-refractivity contribution is 5.94. The van der Waals surface area contributed by atoms with Crippen LogP contribution in [-0.2, 0) is 0 Å². The van der Waals surface area contributed by atoms with Crippen LogP contribution in [0.15, 0.2) is 18.2 Å². The number of nitriles is 1. The third kappa shape index (κ3) is 3.06. The molecule has 0 spiro atoms. The number of methoxy groups -OCH3 is 1. The molecule has 0 N–H and O–H groups in total. The summed E-state index contributed by atoms with van der Waals surface area (Å²) in [5.41, 5.74) is 0.317. The second kappa shape index (κ2) is 6.35. The van der Waals surface area contributed by atoms with Gasteiger partial charge in [0, 0.05) is 31.7 Å². The van der Waals surface area contributed by atoms with Gasteiger partial charge in [0.15, 0.2) is 11.6 Å². The normalized spacial score (nSPS) is 15.8. The van der Waals surface area contributed by atoms with E-state index in [9.17, 15) is 9.18 Å². The fourth-order valence-corrected chi connectivity index (χ4v) is 2.19. The molecule has 1 saturated heterocycles. The first-order valence-electron chi connectivity index (χ1n) is 6.38. The first-order valence-corrected chi connectivity index (χ1v) is 6.38. The summed E-state index contributed by atoms with van der Waals surface area (Å²) in [6.45, 7) is 2.80. The predicted octanol–water partition coefficient (Wildman–Crippen LogP) is 1.12. The Hall–Kier alpha value is -2.13. The second-order valence-corrected chi connectivity index (χ2v) is 4.58. The van der Waals surface area contributed by atoms with Gasteiger partial charge in [-0.15, -0.1) is 0 Å². The Labute approximate surface area is 117 Å². The highest BCUT2D eigenvalue weighted by atomic mass is 19.1. The van der Waals surface area contributed by atoms with Gasteiger partial charge >= 0.3 is 0 Å². The van der Waals surface area contributed by atoms with Crippen molar-refractivity contribution in [3.05, 3.63) is 29.6 Å². The first kappa shape index (κ1) is 14.3. The number of hydrogen-bond acceptors (Lipinski definition) is 4. The minimum absolute atomic E-state index is 0.125. The van der Waals surface area contributed by atoms with Gasteiger partial charge in [-0.2, -0.15) is 5.26 Å². The van der Waals surface area contributed by atoms with E-state index in [4.69, 9.17) is 10.00 Å². The fourth-order valence-electron chi connectivity index (χ4n) is 2.19. The van der Waals surface area contributed by atoms with Crippen molar-refractivity contribution in [3.8, 4) is 11.8 Å². The Morgan fingerprint density at radius 2 is 2.10 bits per heavy atom. The molecule has 1 aliphatic rings. The molecule has 0 unspecified atom stereocenters. The average Bonchev–Trinajstić information content (AvgIpc) is 2.47.